The molecule has 7 heteroatoms. The second kappa shape index (κ2) is 4.19. The van der Waals surface area contributed by atoms with E-state index >= 15 is 0 Å². The Labute approximate surface area is 107 Å². The molecule has 4 nitrogen and oxygen atoms in total. The molecule has 1 aliphatic heterocycles. The Hall–Kier alpha value is -1.63. The molecule has 0 spiro atoms. The molecule has 0 aliphatic carbocycles. The first-order valence-electron chi connectivity index (χ1n) is 6.12. The van der Waals surface area contributed by atoms with Crippen LogP contribution in [0.2, 0.25) is 0 Å². The average Bonchev–Trinajstić information content (AvgIpc) is 2.92. The van der Waals surface area contributed by atoms with Gasteiger partial charge in [0.1, 0.15) is 0 Å². The molecule has 2 aromatic heterocycles. The van der Waals surface area contributed by atoms with Crippen molar-refractivity contribution in [3.8, 4) is 0 Å². The number of hydrogen-bond acceptors (Lipinski definition) is 3. The molecular weight excluding hydrogens is 257 g/mol. The molecule has 0 bridgehead atoms. The van der Waals surface area contributed by atoms with E-state index in [4.69, 9.17) is 0 Å². The Kier molecular flexibility index (Phi) is 2.74. The van der Waals surface area contributed by atoms with Gasteiger partial charge in [0, 0.05) is 6.20 Å². The maximum atomic E-state index is 12.7. The molecule has 2 unspecified atom stereocenters. The number of rotatable bonds is 1. The van der Waals surface area contributed by atoms with Gasteiger partial charge < -0.3 is 5.32 Å². The van der Waals surface area contributed by atoms with Gasteiger partial charge in [-0.15, -0.1) is 10.2 Å². The molecule has 102 valence electrons. The molecule has 0 amide bonds. The first-order valence-corrected chi connectivity index (χ1v) is 6.12. The number of hydrogen-bond donors (Lipinski definition) is 1. The third-order valence-corrected chi connectivity index (χ3v) is 3.57. The Morgan fingerprint density at radius 3 is 2.74 bits per heavy atom. The van der Waals surface area contributed by atoms with Gasteiger partial charge in [0.25, 0.3) is 0 Å². The first kappa shape index (κ1) is 12.4. The molecule has 1 fully saturated rings. The van der Waals surface area contributed by atoms with Crippen LogP contribution in [0.4, 0.5) is 13.2 Å². The summed E-state index contributed by atoms with van der Waals surface area (Å²) in [7, 11) is 0. The van der Waals surface area contributed by atoms with Crippen LogP contribution in [0.3, 0.4) is 0 Å². The van der Waals surface area contributed by atoms with Crippen molar-refractivity contribution in [3.05, 3.63) is 29.7 Å². The topological polar surface area (TPSA) is 42.2 Å². The molecular formula is C12H13F3N4. The predicted molar refractivity (Wildman–Crippen MR) is 62.5 cm³/mol. The Morgan fingerprint density at radius 2 is 2.11 bits per heavy atom. The summed E-state index contributed by atoms with van der Waals surface area (Å²) in [6.07, 6.45) is -2.31. The number of halogens is 3. The lowest BCUT2D eigenvalue weighted by Gasteiger charge is -2.14. The zero-order chi connectivity index (χ0) is 13.6. The van der Waals surface area contributed by atoms with Crippen LogP contribution in [0.15, 0.2) is 18.3 Å². The van der Waals surface area contributed by atoms with E-state index in [0.717, 1.165) is 25.2 Å². The molecule has 2 atom stereocenters. The highest BCUT2D eigenvalue weighted by atomic mass is 19.4. The lowest BCUT2D eigenvalue weighted by atomic mass is 10.0. The number of pyridine rings is 1. The maximum absolute atomic E-state index is 12.7. The van der Waals surface area contributed by atoms with E-state index in [0.29, 0.717) is 17.4 Å². The normalized spacial score (nSPS) is 24.2. The lowest BCUT2D eigenvalue weighted by molar-refractivity contribution is -0.137. The summed E-state index contributed by atoms with van der Waals surface area (Å²) < 4.78 is 39.6. The predicted octanol–water partition coefficient (Wildman–Crippen LogP) is 2.42. The highest BCUT2D eigenvalue weighted by Crippen LogP contribution is 2.31. The standard InChI is InChI=1S/C12H13F3N4/c1-7-4-5-16-10(7)11-18-17-9-3-2-8(6-19(9)11)12(13,14)15/h2-3,6-7,10,16H,4-5H2,1H3. The van der Waals surface area contributed by atoms with Crippen LogP contribution >= 0.6 is 0 Å². The Balaban J connectivity index is 2.10. The largest absolute Gasteiger partial charge is 0.417 e. The molecule has 1 N–H and O–H groups in total. The quantitative estimate of drug-likeness (QED) is 0.865. The Bertz CT molecular complexity index is 605. The van der Waals surface area contributed by atoms with Crippen molar-refractivity contribution in [1.29, 1.82) is 0 Å². The van der Waals surface area contributed by atoms with Crippen LogP contribution < -0.4 is 5.32 Å². The van der Waals surface area contributed by atoms with Gasteiger partial charge in [-0.05, 0) is 31.0 Å². The van der Waals surface area contributed by atoms with Crippen molar-refractivity contribution in [2.24, 2.45) is 5.92 Å². The average molecular weight is 270 g/mol. The molecule has 1 saturated heterocycles. The van der Waals surface area contributed by atoms with Gasteiger partial charge in [0.15, 0.2) is 11.5 Å². The van der Waals surface area contributed by atoms with Crippen molar-refractivity contribution >= 4 is 5.65 Å². The van der Waals surface area contributed by atoms with Crippen LogP contribution in [0.5, 0.6) is 0 Å². The summed E-state index contributed by atoms with van der Waals surface area (Å²) in [5, 5.41) is 11.2. The Morgan fingerprint density at radius 1 is 1.32 bits per heavy atom. The summed E-state index contributed by atoms with van der Waals surface area (Å²) in [6.45, 7) is 2.90. The molecule has 1 aliphatic rings. The van der Waals surface area contributed by atoms with Crippen molar-refractivity contribution in [2.75, 3.05) is 6.54 Å². The molecule has 0 radical (unpaired) electrons. The fraction of sp³-hybridized carbons (Fsp3) is 0.500. The SMILES string of the molecule is CC1CCNC1c1nnc2ccc(C(F)(F)F)cn12. The second-order valence-corrected chi connectivity index (χ2v) is 4.90. The highest BCUT2D eigenvalue weighted by molar-refractivity contribution is 5.40. The van der Waals surface area contributed by atoms with Crippen LogP contribution in [-0.4, -0.2) is 21.1 Å². The minimum absolute atomic E-state index is 0.0431. The summed E-state index contributed by atoms with van der Waals surface area (Å²) in [5.74, 6) is 0.882. The zero-order valence-corrected chi connectivity index (χ0v) is 10.3. The monoisotopic (exact) mass is 270 g/mol. The fourth-order valence-electron chi connectivity index (χ4n) is 2.47. The summed E-state index contributed by atoms with van der Waals surface area (Å²) in [6, 6.07) is 2.33. The van der Waals surface area contributed by atoms with Crippen LogP contribution in [0.1, 0.15) is 30.8 Å². The summed E-state index contributed by atoms with van der Waals surface area (Å²) in [5.41, 5.74) is -0.254. The summed E-state index contributed by atoms with van der Waals surface area (Å²) >= 11 is 0. The number of nitrogens with one attached hydrogen (secondary N) is 1. The number of fused-ring (bicyclic) bond motifs is 1. The molecule has 0 aromatic carbocycles. The number of alkyl halides is 3. The summed E-state index contributed by atoms with van der Waals surface area (Å²) in [4.78, 5) is 0. The lowest BCUT2D eigenvalue weighted by Crippen LogP contribution is -2.19. The van der Waals surface area contributed by atoms with Gasteiger partial charge in [0.05, 0.1) is 11.6 Å². The fourth-order valence-corrected chi connectivity index (χ4v) is 2.47. The van der Waals surface area contributed by atoms with Crippen molar-refractivity contribution in [1.82, 2.24) is 19.9 Å². The van der Waals surface area contributed by atoms with Crippen LogP contribution in [0.25, 0.3) is 5.65 Å². The zero-order valence-electron chi connectivity index (χ0n) is 10.3. The van der Waals surface area contributed by atoms with Gasteiger partial charge in [-0.3, -0.25) is 4.40 Å². The third kappa shape index (κ3) is 2.07. The van der Waals surface area contributed by atoms with Crippen LogP contribution in [-0.2, 0) is 6.18 Å². The molecule has 3 heterocycles. The highest BCUT2D eigenvalue weighted by Gasteiger charge is 2.33. The number of nitrogens with zero attached hydrogens (tertiary/aromatic N) is 3. The third-order valence-electron chi connectivity index (χ3n) is 3.57. The minimum Gasteiger partial charge on any atom is -0.307 e. The van der Waals surface area contributed by atoms with Crippen molar-refractivity contribution < 1.29 is 13.2 Å². The van der Waals surface area contributed by atoms with E-state index < -0.39 is 11.7 Å². The number of aromatic nitrogens is 3. The molecule has 3 rings (SSSR count). The van der Waals surface area contributed by atoms with Gasteiger partial charge in [0.2, 0.25) is 0 Å². The van der Waals surface area contributed by atoms with E-state index in [2.05, 4.69) is 22.4 Å². The van der Waals surface area contributed by atoms with Crippen LogP contribution in [0, 0.1) is 5.92 Å². The van der Waals surface area contributed by atoms with Gasteiger partial charge in [-0.2, -0.15) is 13.2 Å². The van der Waals surface area contributed by atoms with Gasteiger partial charge in [-0.25, -0.2) is 0 Å². The molecule has 2 aromatic rings. The van der Waals surface area contributed by atoms with Crippen molar-refractivity contribution in [2.45, 2.75) is 25.6 Å². The smallest absolute Gasteiger partial charge is 0.307 e. The van der Waals surface area contributed by atoms with E-state index in [9.17, 15) is 13.2 Å². The van der Waals surface area contributed by atoms with E-state index in [1.165, 1.54) is 10.5 Å². The van der Waals surface area contributed by atoms with Gasteiger partial charge >= 0.3 is 6.18 Å². The van der Waals surface area contributed by atoms with Gasteiger partial charge in [-0.1, -0.05) is 6.92 Å². The van der Waals surface area contributed by atoms with Crippen molar-refractivity contribution in [3.63, 3.8) is 0 Å². The second-order valence-electron chi connectivity index (χ2n) is 4.90. The molecule has 19 heavy (non-hydrogen) atoms. The molecule has 0 saturated carbocycles. The minimum atomic E-state index is -4.36. The first-order chi connectivity index (χ1) is 8.97. The van der Waals surface area contributed by atoms with E-state index in [-0.39, 0.29) is 6.04 Å². The van der Waals surface area contributed by atoms with E-state index in [1.807, 2.05) is 0 Å². The maximum Gasteiger partial charge on any atom is 0.417 e. The van der Waals surface area contributed by atoms with E-state index in [1.54, 1.807) is 0 Å².